The van der Waals surface area contributed by atoms with Gasteiger partial charge in [-0.25, -0.2) is 0 Å². The zero-order valence-electron chi connectivity index (χ0n) is 14.5. The van der Waals surface area contributed by atoms with Crippen LogP contribution in [0.4, 0.5) is 5.69 Å². The van der Waals surface area contributed by atoms with Gasteiger partial charge in [-0.05, 0) is 36.5 Å². The summed E-state index contributed by atoms with van der Waals surface area (Å²) in [5, 5.41) is 2.93. The van der Waals surface area contributed by atoms with E-state index in [4.69, 9.17) is 14.2 Å². The van der Waals surface area contributed by atoms with Crippen LogP contribution in [-0.2, 0) is 4.79 Å². The van der Waals surface area contributed by atoms with Crippen LogP contribution in [0.1, 0.15) is 30.4 Å². The lowest BCUT2D eigenvalue weighted by Crippen LogP contribution is -2.23. The Kier molecular flexibility index (Phi) is 6.09. The van der Waals surface area contributed by atoms with E-state index < -0.39 is 0 Å². The molecule has 0 aliphatic carbocycles. The second kappa shape index (κ2) is 8.31. The van der Waals surface area contributed by atoms with Gasteiger partial charge in [0.05, 0.1) is 6.61 Å². The molecular weight excluding hydrogens is 466 g/mol. The van der Waals surface area contributed by atoms with E-state index in [2.05, 4.69) is 37.2 Å². The minimum Gasteiger partial charge on any atom is -0.494 e. The predicted molar refractivity (Wildman–Crippen MR) is 108 cm³/mol. The first-order chi connectivity index (χ1) is 12.7. The normalized spacial score (nSPS) is 16.9. The summed E-state index contributed by atoms with van der Waals surface area (Å²) < 4.78 is 17.7. The molecular formula is C19H19Br2NO4. The van der Waals surface area contributed by atoms with E-state index >= 15 is 0 Å². The van der Waals surface area contributed by atoms with Crippen molar-refractivity contribution in [2.24, 2.45) is 0 Å². The molecule has 0 fully saturated rings. The van der Waals surface area contributed by atoms with Crippen molar-refractivity contribution in [3.63, 3.8) is 0 Å². The smallest absolute Gasteiger partial charge is 0.231 e. The summed E-state index contributed by atoms with van der Waals surface area (Å²) in [5.74, 6) is 3.87. The van der Waals surface area contributed by atoms with Gasteiger partial charge < -0.3 is 19.5 Å². The Labute approximate surface area is 169 Å². The van der Waals surface area contributed by atoms with Gasteiger partial charge in [-0.1, -0.05) is 37.9 Å². The number of anilines is 1. The summed E-state index contributed by atoms with van der Waals surface area (Å²) in [6, 6.07) is 9.71. The van der Waals surface area contributed by atoms with Crippen LogP contribution in [0, 0.1) is 0 Å². The molecule has 0 radical (unpaired) electrons. The lowest BCUT2D eigenvalue weighted by atomic mass is 9.84. The fourth-order valence-electron chi connectivity index (χ4n) is 3.20. The molecule has 2 heterocycles. The van der Waals surface area contributed by atoms with Gasteiger partial charge in [-0.15, -0.1) is 0 Å². The first-order valence-corrected chi connectivity index (χ1v) is 10.6. The molecule has 0 bridgehead atoms. The van der Waals surface area contributed by atoms with E-state index in [1.165, 1.54) is 0 Å². The van der Waals surface area contributed by atoms with Crippen molar-refractivity contribution in [2.75, 3.05) is 24.5 Å². The van der Waals surface area contributed by atoms with Gasteiger partial charge in [0, 0.05) is 34.1 Å². The molecule has 1 amide bonds. The van der Waals surface area contributed by atoms with Crippen LogP contribution in [0.2, 0.25) is 0 Å². The van der Waals surface area contributed by atoms with Crippen molar-refractivity contribution >= 4 is 43.5 Å². The molecule has 4 rings (SSSR count). The maximum absolute atomic E-state index is 12.2. The zero-order valence-corrected chi connectivity index (χ0v) is 17.6. The van der Waals surface area contributed by atoms with Crippen molar-refractivity contribution in [1.29, 1.82) is 0 Å². The van der Waals surface area contributed by atoms with Gasteiger partial charge in [-0.3, -0.25) is 4.79 Å². The number of fused-ring (bicyclic) bond motifs is 2. The van der Waals surface area contributed by atoms with Gasteiger partial charge in [0.1, 0.15) is 5.75 Å². The number of halogens is 2. The van der Waals surface area contributed by atoms with Gasteiger partial charge in [-0.2, -0.15) is 0 Å². The number of nitrogens with one attached hydrogen (secondary N) is 1. The molecule has 7 heteroatoms. The Balaban J connectivity index is 0.000000948. The molecule has 0 aromatic heterocycles. The first kappa shape index (κ1) is 19.0. The van der Waals surface area contributed by atoms with Crippen LogP contribution < -0.4 is 19.5 Å². The van der Waals surface area contributed by atoms with E-state index in [0.717, 1.165) is 27.0 Å². The van der Waals surface area contributed by atoms with E-state index in [-0.39, 0.29) is 18.6 Å². The third-order valence-corrected chi connectivity index (χ3v) is 4.73. The number of ether oxygens (including phenoxy) is 3. The van der Waals surface area contributed by atoms with Crippen LogP contribution in [0.25, 0.3) is 0 Å². The van der Waals surface area contributed by atoms with Crippen molar-refractivity contribution < 1.29 is 19.0 Å². The van der Waals surface area contributed by atoms with Crippen LogP contribution in [0.3, 0.4) is 0 Å². The Morgan fingerprint density at radius 3 is 2.62 bits per heavy atom. The standard InChI is InChI=1S/C18H16BrNO4.CH3Br/c1-2-22-15-5-10(19)3-4-11(15)12-7-18(21)20-14-8-17-16(6-13(12)14)23-9-24-17;1-2/h3-6,8,12H,2,7,9H2,1H3,(H,20,21);1H3. The molecule has 1 N–H and O–H groups in total. The number of amides is 1. The number of rotatable bonds is 3. The van der Waals surface area contributed by atoms with Gasteiger partial charge >= 0.3 is 0 Å². The van der Waals surface area contributed by atoms with E-state index in [1.54, 1.807) is 0 Å². The van der Waals surface area contributed by atoms with Crippen LogP contribution in [0.5, 0.6) is 17.2 Å². The first-order valence-electron chi connectivity index (χ1n) is 8.19. The second-order valence-electron chi connectivity index (χ2n) is 5.71. The highest BCUT2D eigenvalue weighted by molar-refractivity contribution is 9.10. The summed E-state index contributed by atoms with van der Waals surface area (Å²) in [6.45, 7) is 2.72. The van der Waals surface area contributed by atoms with Crippen molar-refractivity contribution in [3.8, 4) is 17.2 Å². The molecule has 5 nitrogen and oxygen atoms in total. The lowest BCUT2D eigenvalue weighted by Gasteiger charge is -2.27. The largest absolute Gasteiger partial charge is 0.494 e. The van der Waals surface area contributed by atoms with E-state index in [0.29, 0.717) is 24.5 Å². The highest BCUT2D eigenvalue weighted by Crippen LogP contribution is 2.46. The third kappa shape index (κ3) is 3.69. The average molecular weight is 485 g/mol. The Morgan fingerprint density at radius 1 is 1.15 bits per heavy atom. The highest BCUT2D eigenvalue weighted by Gasteiger charge is 2.31. The quantitative estimate of drug-likeness (QED) is 0.618. The molecule has 1 atom stereocenters. The summed E-state index contributed by atoms with van der Waals surface area (Å²) in [6.07, 6.45) is 0.369. The van der Waals surface area contributed by atoms with Gasteiger partial charge in [0.25, 0.3) is 0 Å². The predicted octanol–water partition coefficient (Wildman–Crippen LogP) is 5.06. The number of carbonyl (C=O) groups excluding carboxylic acids is 1. The van der Waals surface area contributed by atoms with Crippen LogP contribution in [0.15, 0.2) is 34.8 Å². The fraction of sp³-hybridized carbons (Fsp3) is 0.316. The number of carbonyl (C=O) groups is 1. The van der Waals surface area contributed by atoms with Gasteiger partial charge in [0.15, 0.2) is 11.5 Å². The number of hydrogen-bond acceptors (Lipinski definition) is 4. The van der Waals surface area contributed by atoms with E-state index in [9.17, 15) is 4.79 Å². The molecule has 2 aromatic rings. The minimum absolute atomic E-state index is 0.0169. The van der Waals surface area contributed by atoms with Crippen LogP contribution >= 0.6 is 31.9 Å². The molecule has 2 aliphatic heterocycles. The monoisotopic (exact) mass is 483 g/mol. The lowest BCUT2D eigenvalue weighted by molar-refractivity contribution is -0.116. The maximum Gasteiger partial charge on any atom is 0.231 e. The van der Waals surface area contributed by atoms with Crippen molar-refractivity contribution in [3.05, 3.63) is 45.9 Å². The molecule has 0 saturated heterocycles. The fourth-order valence-corrected chi connectivity index (χ4v) is 3.54. The Morgan fingerprint density at radius 2 is 1.88 bits per heavy atom. The molecule has 0 spiro atoms. The Hall–Kier alpha value is -1.73. The van der Waals surface area contributed by atoms with Crippen LogP contribution in [-0.4, -0.2) is 25.1 Å². The number of hydrogen-bond donors (Lipinski definition) is 1. The molecule has 2 aliphatic rings. The maximum atomic E-state index is 12.2. The van der Waals surface area contributed by atoms with Gasteiger partial charge in [0.2, 0.25) is 12.7 Å². The molecule has 0 saturated carbocycles. The summed E-state index contributed by atoms with van der Waals surface area (Å²) >= 11 is 6.42. The molecule has 138 valence electrons. The SMILES string of the molecule is CBr.CCOc1cc(Br)ccc1C1CC(=O)Nc2cc3c(cc21)OCO3. The topological polar surface area (TPSA) is 56.8 Å². The summed E-state index contributed by atoms with van der Waals surface area (Å²) in [7, 11) is 0. The summed E-state index contributed by atoms with van der Waals surface area (Å²) in [4.78, 5) is 12.2. The molecule has 26 heavy (non-hydrogen) atoms. The summed E-state index contributed by atoms with van der Waals surface area (Å²) in [5.41, 5.74) is 2.78. The van der Waals surface area contributed by atoms with E-state index in [1.807, 2.05) is 43.1 Å². The van der Waals surface area contributed by atoms with Crippen molar-refractivity contribution in [2.45, 2.75) is 19.3 Å². The Bertz CT molecular complexity index is 825. The van der Waals surface area contributed by atoms with Crippen molar-refractivity contribution in [1.82, 2.24) is 0 Å². The minimum atomic E-state index is -0.0853. The second-order valence-corrected chi connectivity index (χ2v) is 6.63. The highest BCUT2D eigenvalue weighted by atomic mass is 79.9. The zero-order chi connectivity index (χ0) is 18.7. The number of benzene rings is 2. The molecule has 1 unspecified atom stereocenters. The number of alkyl halides is 1. The average Bonchev–Trinajstić information content (AvgIpc) is 3.09. The third-order valence-electron chi connectivity index (χ3n) is 4.23. The molecule has 2 aromatic carbocycles.